The largest absolute Gasteiger partial charge is 0.444 e. The number of aliphatic hydroxyl groups is 1. The Bertz CT molecular complexity index is 570. The molecule has 2 N–H and O–H groups in total. The lowest BCUT2D eigenvalue weighted by Gasteiger charge is -2.33. The molecule has 1 aliphatic rings. The lowest BCUT2D eigenvalue weighted by Crippen LogP contribution is -2.45. The van der Waals surface area contributed by atoms with E-state index >= 15 is 0 Å². The highest BCUT2D eigenvalue weighted by Crippen LogP contribution is 2.31. The van der Waals surface area contributed by atoms with Gasteiger partial charge in [-0.25, -0.2) is 4.79 Å². The Kier molecular flexibility index (Phi) is 6.29. The highest BCUT2D eigenvalue weighted by atomic mass is 32.2. The first-order valence-electron chi connectivity index (χ1n) is 8.18. The zero-order valence-electron chi connectivity index (χ0n) is 14.3. The molecule has 1 saturated carbocycles. The van der Waals surface area contributed by atoms with Gasteiger partial charge < -0.3 is 15.2 Å². The smallest absolute Gasteiger partial charge is 0.407 e. The van der Waals surface area contributed by atoms with E-state index in [4.69, 9.17) is 4.74 Å². The molecule has 5 nitrogen and oxygen atoms in total. The van der Waals surface area contributed by atoms with E-state index in [9.17, 15) is 14.7 Å². The van der Waals surface area contributed by atoms with Gasteiger partial charge in [0.15, 0.2) is 0 Å². The molecule has 3 atom stereocenters. The summed E-state index contributed by atoms with van der Waals surface area (Å²) in [5, 5.41) is 12.9. The van der Waals surface area contributed by atoms with Crippen LogP contribution in [0.4, 0.5) is 4.79 Å². The van der Waals surface area contributed by atoms with Gasteiger partial charge in [-0.3, -0.25) is 4.79 Å². The third-order valence-corrected chi connectivity index (χ3v) is 5.05. The maximum Gasteiger partial charge on any atom is 0.407 e. The molecule has 0 unspecified atom stereocenters. The van der Waals surface area contributed by atoms with Crippen LogP contribution in [0.3, 0.4) is 0 Å². The number of thioether (sulfide) groups is 1. The van der Waals surface area contributed by atoms with Gasteiger partial charge in [-0.1, -0.05) is 42.1 Å². The Morgan fingerprint density at radius 2 is 1.88 bits per heavy atom. The lowest BCUT2D eigenvalue weighted by molar-refractivity contribution is 0.0455. The second-order valence-electron chi connectivity index (χ2n) is 7.03. The fraction of sp³-hybridized carbons (Fsp3) is 0.556. The lowest BCUT2D eigenvalue weighted by atomic mass is 9.92. The van der Waals surface area contributed by atoms with Crippen molar-refractivity contribution in [3.8, 4) is 0 Å². The minimum atomic E-state index is -0.628. The molecule has 0 spiro atoms. The maximum atomic E-state index is 12.2. The zero-order valence-corrected chi connectivity index (χ0v) is 15.1. The maximum absolute atomic E-state index is 12.2. The summed E-state index contributed by atoms with van der Waals surface area (Å²) < 4.78 is 5.23. The number of nitrogens with one attached hydrogen (secondary N) is 1. The van der Waals surface area contributed by atoms with E-state index in [1.54, 1.807) is 12.1 Å². The summed E-state index contributed by atoms with van der Waals surface area (Å²) in [6.07, 6.45) is 0.724. The van der Waals surface area contributed by atoms with Gasteiger partial charge in [0.1, 0.15) is 5.60 Å². The molecule has 2 rings (SSSR count). The average molecular weight is 351 g/mol. The fourth-order valence-corrected chi connectivity index (χ4v) is 3.71. The third-order valence-electron chi connectivity index (χ3n) is 3.74. The molecule has 1 fully saturated rings. The first-order valence-corrected chi connectivity index (χ1v) is 9.06. The fourth-order valence-electron chi connectivity index (χ4n) is 2.64. The number of alkyl carbamates (subject to hydrolysis) is 1. The number of carbonyl (C=O) groups excluding carboxylic acids is 2. The van der Waals surface area contributed by atoms with Gasteiger partial charge in [0, 0.05) is 16.9 Å². The van der Waals surface area contributed by atoms with Crippen LogP contribution >= 0.6 is 11.8 Å². The van der Waals surface area contributed by atoms with Crippen LogP contribution in [0.2, 0.25) is 0 Å². The van der Waals surface area contributed by atoms with Crippen LogP contribution in [-0.2, 0) is 4.74 Å². The van der Waals surface area contributed by atoms with Crippen LogP contribution in [0, 0.1) is 0 Å². The van der Waals surface area contributed by atoms with Crippen molar-refractivity contribution in [2.75, 3.05) is 0 Å². The normalized spacial score (nSPS) is 24.2. The summed E-state index contributed by atoms with van der Waals surface area (Å²) in [6.45, 7) is 5.43. The summed E-state index contributed by atoms with van der Waals surface area (Å²) in [6, 6.07) is 8.94. The zero-order chi connectivity index (χ0) is 17.7. The average Bonchev–Trinajstić information content (AvgIpc) is 2.49. The molecule has 132 valence electrons. The van der Waals surface area contributed by atoms with Crippen molar-refractivity contribution in [3.63, 3.8) is 0 Å². The Labute approximate surface area is 147 Å². The molecule has 24 heavy (non-hydrogen) atoms. The SMILES string of the molecule is CC(C)(C)OC(=O)N[C@@H]1CC[C@H](SC(=O)c2ccccc2)[C@@H](O)C1. The number of hydrogen-bond donors (Lipinski definition) is 2. The highest BCUT2D eigenvalue weighted by molar-refractivity contribution is 8.14. The van der Waals surface area contributed by atoms with Crippen molar-refractivity contribution in [3.05, 3.63) is 35.9 Å². The molecule has 0 aromatic heterocycles. The van der Waals surface area contributed by atoms with Crippen molar-refractivity contribution < 1.29 is 19.4 Å². The second-order valence-corrected chi connectivity index (χ2v) is 8.25. The molecule has 0 aliphatic heterocycles. The van der Waals surface area contributed by atoms with Crippen LogP contribution in [0.15, 0.2) is 30.3 Å². The summed E-state index contributed by atoms with van der Waals surface area (Å²) >= 11 is 1.18. The summed E-state index contributed by atoms with van der Waals surface area (Å²) in [4.78, 5) is 24.0. The predicted molar refractivity (Wildman–Crippen MR) is 95.2 cm³/mol. The first-order chi connectivity index (χ1) is 11.2. The minimum absolute atomic E-state index is 0.0294. The minimum Gasteiger partial charge on any atom is -0.444 e. The summed E-state index contributed by atoms with van der Waals surface area (Å²) in [5.74, 6) is 0. The van der Waals surface area contributed by atoms with Crippen LogP contribution < -0.4 is 5.32 Å². The van der Waals surface area contributed by atoms with E-state index < -0.39 is 17.8 Å². The van der Waals surface area contributed by atoms with Crippen LogP contribution in [0.1, 0.15) is 50.4 Å². The number of hydrogen-bond acceptors (Lipinski definition) is 5. The Hall–Kier alpha value is -1.53. The third kappa shape index (κ3) is 5.83. The van der Waals surface area contributed by atoms with Gasteiger partial charge in [-0.05, 0) is 40.0 Å². The molecule has 0 saturated heterocycles. The van der Waals surface area contributed by atoms with Crippen molar-refractivity contribution in [1.82, 2.24) is 5.32 Å². The second kappa shape index (κ2) is 8.03. The van der Waals surface area contributed by atoms with E-state index in [2.05, 4.69) is 5.32 Å². The molecule has 6 heteroatoms. The molecular weight excluding hydrogens is 326 g/mol. The molecular formula is C18H25NO4S. The molecule has 0 radical (unpaired) electrons. The molecule has 0 heterocycles. The standard InChI is InChI=1S/C18H25NO4S/c1-18(2,3)23-17(22)19-13-9-10-15(14(20)11-13)24-16(21)12-7-5-4-6-8-12/h4-8,13-15,20H,9-11H2,1-3H3,(H,19,22)/t13-,14+,15+/m1/s1. The van der Waals surface area contributed by atoms with Gasteiger partial charge in [0.05, 0.1) is 6.10 Å². The van der Waals surface area contributed by atoms with Crippen molar-refractivity contribution >= 4 is 23.0 Å². The van der Waals surface area contributed by atoms with Crippen LogP contribution in [-0.4, -0.2) is 39.3 Å². The number of aliphatic hydroxyl groups excluding tert-OH is 1. The number of amides is 1. The van der Waals surface area contributed by atoms with E-state index in [1.807, 2.05) is 39.0 Å². The van der Waals surface area contributed by atoms with E-state index in [0.717, 1.165) is 6.42 Å². The van der Waals surface area contributed by atoms with Crippen molar-refractivity contribution in [2.24, 2.45) is 0 Å². The molecule has 1 aromatic rings. The number of carbonyl (C=O) groups is 2. The molecule has 1 amide bonds. The molecule has 1 aliphatic carbocycles. The van der Waals surface area contributed by atoms with Crippen LogP contribution in [0.5, 0.6) is 0 Å². The van der Waals surface area contributed by atoms with Gasteiger partial charge >= 0.3 is 6.09 Å². The summed E-state index contributed by atoms with van der Waals surface area (Å²) in [5.41, 5.74) is 0.0985. The highest BCUT2D eigenvalue weighted by Gasteiger charge is 2.32. The molecule has 1 aromatic carbocycles. The van der Waals surface area contributed by atoms with Crippen LogP contribution in [0.25, 0.3) is 0 Å². The van der Waals surface area contributed by atoms with Gasteiger partial charge in [-0.2, -0.15) is 0 Å². The molecule has 0 bridgehead atoms. The number of rotatable bonds is 3. The topological polar surface area (TPSA) is 75.6 Å². The predicted octanol–water partition coefficient (Wildman–Crippen LogP) is 3.37. The monoisotopic (exact) mass is 351 g/mol. The Morgan fingerprint density at radius 1 is 1.21 bits per heavy atom. The van der Waals surface area contributed by atoms with Gasteiger partial charge in [0.2, 0.25) is 5.12 Å². The first kappa shape index (κ1) is 18.8. The van der Waals surface area contributed by atoms with Crippen molar-refractivity contribution in [2.45, 2.75) is 63.0 Å². The number of benzene rings is 1. The van der Waals surface area contributed by atoms with Crippen molar-refractivity contribution in [1.29, 1.82) is 0 Å². The quantitative estimate of drug-likeness (QED) is 0.873. The number of ether oxygens (including phenoxy) is 1. The van der Waals surface area contributed by atoms with Gasteiger partial charge in [-0.15, -0.1) is 0 Å². The van der Waals surface area contributed by atoms with E-state index in [0.29, 0.717) is 18.4 Å². The van der Waals surface area contributed by atoms with E-state index in [1.165, 1.54) is 11.8 Å². The van der Waals surface area contributed by atoms with E-state index in [-0.39, 0.29) is 16.4 Å². The van der Waals surface area contributed by atoms with Gasteiger partial charge in [0.25, 0.3) is 0 Å². The Balaban J connectivity index is 1.82. The Morgan fingerprint density at radius 3 is 2.46 bits per heavy atom. The summed E-state index contributed by atoms with van der Waals surface area (Å²) in [7, 11) is 0.